The number of amides is 3. The predicted molar refractivity (Wildman–Crippen MR) is 188 cm³/mol. The second-order valence-corrected chi connectivity index (χ2v) is 13.9. The van der Waals surface area contributed by atoms with Crippen LogP contribution in [-0.4, -0.2) is 94.6 Å². The third-order valence-corrected chi connectivity index (χ3v) is 9.96. The van der Waals surface area contributed by atoms with Gasteiger partial charge < -0.3 is 26.4 Å². The number of rotatable bonds is 15. The van der Waals surface area contributed by atoms with Crippen molar-refractivity contribution in [1.29, 1.82) is 0 Å². The number of aliphatic carboxylic acids is 1. The number of carboxylic acids is 1. The number of carboxylic acid groups (broad SMARTS) is 1. The van der Waals surface area contributed by atoms with Gasteiger partial charge in [-0.05, 0) is 67.3 Å². The van der Waals surface area contributed by atoms with E-state index >= 15 is 0 Å². The fraction of sp³-hybridized carbons (Fsp3) is 0.324. The van der Waals surface area contributed by atoms with Crippen LogP contribution in [0.5, 0.6) is 0 Å². The number of fused-ring (bicyclic) bond motifs is 1. The number of hydrogen-bond donors (Lipinski definition) is 6. The lowest BCUT2D eigenvalue weighted by molar-refractivity contribution is -0.142. The molecule has 4 aromatic rings. The maximum absolute atomic E-state index is 13.9. The van der Waals surface area contributed by atoms with Gasteiger partial charge in [0.25, 0.3) is 11.5 Å². The van der Waals surface area contributed by atoms with E-state index < -0.39 is 68.8 Å². The summed E-state index contributed by atoms with van der Waals surface area (Å²) in [7, 11) is -3.96. The third-order valence-electron chi connectivity index (χ3n) is 8.50. The van der Waals surface area contributed by atoms with Crippen LogP contribution in [0, 0.1) is 0 Å². The molecule has 0 radical (unpaired) electrons. The van der Waals surface area contributed by atoms with Gasteiger partial charge in [0.05, 0.1) is 10.6 Å². The van der Waals surface area contributed by atoms with Crippen LogP contribution in [0.3, 0.4) is 0 Å². The molecule has 0 unspecified atom stereocenters. The highest BCUT2D eigenvalue weighted by Gasteiger charge is 2.42. The summed E-state index contributed by atoms with van der Waals surface area (Å²) < 4.78 is 29.1. The summed E-state index contributed by atoms with van der Waals surface area (Å²) in [4.78, 5) is 80.8. The van der Waals surface area contributed by atoms with Crippen LogP contribution < -0.4 is 32.3 Å². The molecular formula is C34H38N8O9S. The standard InChI is InChI=1S/C34H38N8O9S/c35-16-7-6-12-26(33(47)48)38-30(44)27-19-23(20-41(27)32(46)29-31(45)39-34(49)42(40-29)24-10-2-1-3-11-24)37-28(43)15-17-36-52(50,51)25-14-13-21-8-4-5-9-22(21)18-25/h1-5,8-11,13-14,18,23,26-27,36H,6-7,12,15-17,19-20,35H2,(H,37,43)(H,38,44)(H,47,48)(H,39,45,49)/t23-,26-,27-/m1/s1. The molecule has 52 heavy (non-hydrogen) atoms. The number of unbranched alkanes of at least 4 members (excludes halogenated alkanes) is 1. The lowest BCUT2D eigenvalue weighted by Crippen LogP contribution is -2.52. The van der Waals surface area contributed by atoms with Crippen LogP contribution in [0.25, 0.3) is 16.5 Å². The Kier molecular flexibility index (Phi) is 11.9. The number of sulfonamides is 1. The number of aromatic nitrogens is 3. The predicted octanol–water partition coefficient (Wildman–Crippen LogP) is -0.160. The van der Waals surface area contributed by atoms with Crippen molar-refractivity contribution in [3.8, 4) is 5.69 Å². The fourth-order valence-electron chi connectivity index (χ4n) is 5.87. The molecule has 1 saturated heterocycles. The molecule has 0 bridgehead atoms. The average molecular weight is 735 g/mol. The van der Waals surface area contributed by atoms with E-state index in [0.717, 1.165) is 20.4 Å². The molecule has 3 amide bonds. The van der Waals surface area contributed by atoms with Gasteiger partial charge in [-0.3, -0.25) is 24.2 Å². The van der Waals surface area contributed by atoms with Crippen molar-refractivity contribution in [3.05, 3.63) is 99.3 Å². The molecule has 1 aliphatic heterocycles. The van der Waals surface area contributed by atoms with E-state index in [-0.39, 0.29) is 42.9 Å². The number of carbonyl (C=O) groups excluding carboxylic acids is 3. The maximum Gasteiger partial charge on any atom is 0.349 e. The number of nitrogens with zero attached hydrogens (tertiary/aromatic N) is 3. The molecule has 2 heterocycles. The van der Waals surface area contributed by atoms with E-state index in [2.05, 4.69) is 25.4 Å². The van der Waals surface area contributed by atoms with E-state index in [4.69, 9.17) is 5.73 Å². The summed E-state index contributed by atoms with van der Waals surface area (Å²) in [6.45, 7) is -0.226. The average Bonchev–Trinajstić information content (AvgIpc) is 3.54. The van der Waals surface area contributed by atoms with Gasteiger partial charge in [0.15, 0.2) is 0 Å². The fourth-order valence-corrected chi connectivity index (χ4v) is 6.94. The Balaban J connectivity index is 1.31. The molecule has 18 heteroatoms. The van der Waals surface area contributed by atoms with Gasteiger partial charge in [0.1, 0.15) is 12.1 Å². The van der Waals surface area contributed by atoms with Crippen LogP contribution in [0.2, 0.25) is 0 Å². The minimum Gasteiger partial charge on any atom is -0.480 e. The first kappa shape index (κ1) is 37.5. The van der Waals surface area contributed by atoms with Crippen molar-refractivity contribution >= 4 is 44.5 Å². The minimum absolute atomic E-state index is 0.0234. The van der Waals surface area contributed by atoms with Crippen molar-refractivity contribution in [3.63, 3.8) is 0 Å². The molecule has 3 aromatic carbocycles. The molecule has 5 rings (SSSR count). The van der Waals surface area contributed by atoms with Gasteiger partial charge in [0.2, 0.25) is 27.5 Å². The van der Waals surface area contributed by atoms with E-state index in [9.17, 15) is 42.3 Å². The largest absolute Gasteiger partial charge is 0.480 e. The summed E-state index contributed by atoms with van der Waals surface area (Å²) in [6.07, 6.45) is 0.533. The van der Waals surface area contributed by atoms with Crippen molar-refractivity contribution < 1.29 is 32.7 Å². The lowest BCUT2D eigenvalue weighted by atomic mass is 10.1. The van der Waals surface area contributed by atoms with Gasteiger partial charge in [-0.1, -0.05) is 48.5 Å². The second kappa shape index (κ2) is 16.5. The number of nitrogens with one attached hydrogen (secondary N) is 4. The number of para-hydroxylation sites is 1. The smallest absolute Gasteiger partial charge is 0.349 e. The van der Waals surface area contributed by atoms with Crippen molar-refractivity contribution in [2.24, 2.45) is 5.73 Å². The molecule has 1 aliphatic rings. The molecule has 0 saturated carbocycles. The second-order valence-electron chi connectivity index (χ2n) is 12.2. The Bertz CT molecular complexity index is 2190. The van der Waals surface area contributed by atoms with Gasteiger partial charge in [0, 0.05) is 25.6 Å². The summed E-state index contributed by atoms with van der Waals surface area (Å²) in [5, 5.41) is 20.4. The van der Waals surface area contributed by atoms with E-state index in [0.29, 0.717) is 19.4 Å². The zero-order chi connectivity index (χ0) is 37.4. The van der Waals surface area contributed by atoms with Gasteiger partial charge in [-0.15, -0.1) is 0 Å². The van der Waals surface area contributed by atoms with Crippen molar-refractivity contribution in [2.45, 2.75) is 55.1 Å². The van der Waals surface area contributed by atoms with Crippen LogP contribution in [0.4, 0.5) is 0 Å². The Morgan fingerprint density at radius 3 is 2.40 bits per heavy atom. The molecule has 0 aliphatic carbocycles. The summed E-state index contributed by atoms with van der Waals surface area (Å²) in [6, 6.07) is 16.4. The molecule has 17 nitrogen and oxygen atoms in total. The van der Waals surface area contributed by atoms with Crippen LogP contribution >= 0.6 is 0 Å². The quantitative estimate of drug-likeness (QED) is 0.0875. The first-order chi connectivity index (χ1) is 24.9. The number of likely N-dealkylation sites (tertiary alicyclic amines) is 1. The van der Waals surface area contributed by atoms with Gasteiger partial charge >= 0.3 is 11.7 Å². The minimum atomic E-state index is -3.96. The summed E-state index contributed by atoms with van der Waals surface area (Å²) in [5.74, 6) is -3.79. The van der Waals surface area contributed by atoms with Crippen LogP contribution in [0.1, 0.15) is 42.6 Å². The molecule has 7 N–H and O–H groups in total. The first-order valence-corrected chi connectivity index (χ1v) is 18.0. The molecular weight excluding hydrogens is 696 g/mol. The van der Waals surface area contributed by atoms with Crippen molar-refractivity contribution in [2.75, 3.05) is 19.6 Å². The van der Waals surface area contributed by atoms with Crippen LogP contribution in [-0.2, 0) is 24.4 Å². The monoisotopic (exact) mass is 734 g/mol. The number of benzene rings is 3. The van der Waals surface area contributed by atoms with Crippen molar-refractivity contribution in [1.82, 2.24) is 35.0 Å². The van der Waals surface area contributed by atoms with Gasteiger partial charge in [-0.2, -0.15) is 9.78 Å². The number of H-pyrrole nitrogens is 1. The van der Waals surface area contributed by atoms with E-state index in [1.165, 1.54) is 24.3 Å². The number of carbonyl (C=O) groups is 4. The maximum atomic E-state index is 13.9. The zero-order valence-corrected chi connectivity index (χ0v) is 28.7. The number of aromatic amines is 1. The highest BCUT2D eigenvalue weighted by atomic mass is 32.2. The molecule has 1 aromatic heterocycles. The molecule has 3 atom stereocenters. The Morgan fingerprint density at radius 1 is 0.981 bits per heavy atom. The van der Waals surface area contributed by atoms with E-state index in [1.54, 1.807) is 36.4 Å². The van der Waals surface area contributed by atoms with E-state index in [1.807, 2.05) is 12.1 Å². The van der Waals surface area contributed by atoms with Crippen LogP contribution in [0.15, 0.2) is 87.3 Å². The SMILES string of the molecule is NCCCC[C@@H](NC(=O)[C@H]1C[C@@H](NC(=O)CCNS(=O)(=O)c2ccc3ccccc3c2)CN1C(=O)c1nn(-c2ccccc2)c(=O)[nH]c1=O)C(=O)O. The zero-order valence-electron chi connectivity index (χ0n) is 27.9. The highest BCUT2D eigenvalue weighted by molar-refractivity contribution is 7.89. The molecule has 1 fully saturated rings. The Hall–Kier alpha value is -5.72. The lowest BCUT2D eigenvalue weighted by Gasteiger charge is -2.25. The normalized spacial score (nSPS) is 16.4. The third kappa shape index (κ3) is 8.95. The Labute approximate surface area is 297 Å². The number of hydrogen-bond acceptors (Lipinski definition) is 10. The molecule has 0 spiro atoms. The first-order valence-electron chi connectivity index (χ1n) is 16.5. The summed E-state index contributed by atoms with van der Waals surface area (Å²) in [5.41, 5.74) is 3.03. The molecule has 274 valence electrons. The highest BCUT2D eigenvalue weighted by Crippen LogP contribution is 2.22. The number of nitrogens with two attached hydrogens (primary N) is 1. The summed E-state index contributed by atoms with van der Waals surface area (Å²) >= 11 is 0. The topological polar surface area (TPSA) is 256 Å². The Morgan fingerprint density at radius 2 is 1.69 bits per heavy atom. The van der Waals surface area contributed by atoms with Gasteiger partial charge in [-0.25, -0.2) is 22.7 Å².